The lowest BCUT2D eigenvalue weighted by Crippen LogP contribution is -2.51. The summed E-state index contributed by atoms with van der Waals surface area (Å²) in [6.45, 7) is 4.06. The standard InChI is InChI=1S/C16H19ClN2O3S/c1-11(15(21)18-6-8-22-9-7-18)19-14(20)10-23-16(19)12-4-2-3-5-13(12)17/h2-5,11,16H,6-10H2,1H3/t11-,16+/m0/s1. The van der Waals surface area contributed by atoms with Gasteiger partial charge in [-0.15, -0.1) is 11.8 Å². The molecule has 1 aromatic carbocycles. The molecule has 2 fully saturated rings. The molecule has 0 bridgehead atoms. The predicted molar refractivity (Wildman–Crippen MR) is 90.4 cm³/mol. The topological polar surface area (TPSA) is 49.9 Å². The van der Waals surface area contributed by atoms with E-state index in [2.05, 4.69) is 0 Å². The Morgan fingerprint density at radius 1 is 1.35 bits per heavy atom. The van der Waals surface area contributed by atoms with Crippen LogP contribution in [0.4, 0.5) is 0 Å². The smallest absolute Gasteiger partial charge is 0.245 e. The fraction of sp³-hybridized carbons (Fsp3) is 0.500. The van der Waals surface area contributed by atoms with E-state index in [1.807, 2.05) is 24.3 Å². The van der Waals surface area contributed by atoms with Gasteiger partial charge >= 0.3 is 0 Å². The zero-order valence-corrected chi connectivity index (χ0v) is 14.5. The molecule has 0 radical (unpaired) electrons. The molecule has 0 spiro atoms. The molecule has 2 aliphatic rings. The van der Waals surface area contributed by atoms with E-state index in [0.717, 1.165) is 5.56 Å². The van der Waals surface area contributed by atoms with Crippen molar-refractivity contribution < 1.29 is 14.3 Å². The van der Waals surface area contributed by atoms with Gasteiger partial charge in [0.2, 0.25) is 11.8 Å². The van der Waals surface area contributed by atoms with Gasteiger partial charge in [-0.2, -0.15) is 0 Å². The lowest BCUT2D eigenvalue weighted by Gasteiger charge is -2.35. The van der Waals surface area contributed by atoms with Crippen LogP contribution in [0.5, 0.6) is 0 Å². The molecule has 2 atom stereocenters. The van der Waals surface area contributed by atoms with Crippen molar-refractivity contribution in [1.29, 1.82) is 0 Å². The first kappa shape index (κ1) is 16.6. The second-order valence-electron chi connectivity index (χ2n) is 5.60. The van der Waals surface area contributed by atoms with Crippen molar-refractivity contribution in [1.82, 2.24) is 9.80 Å². The van der Waals surface area contributed by atoms with E-state index in [9.17, 15) is 9.59 Å². The molecular weight excluding hydrogens is 336 g/mol. The van der Waals surface area contributed by atoms with Crippen LogP contribution in [-0.4, -0.2) is 59.7 Å². The van der Waals surface area contributed by atoms with Crippen LogP contribution in [0.1, 0.15) is 17.9 Å². The molecule has 2 aliphatic heterocycles. The highest BCUT2D eigenvalue weighted by molar-refractivity contribution is 8.00. The molecule has 5 nitrogen and oxygen atoms in total. The van der Waals surface area contributed by atoms with Crippen molar-refractivity contribution in [3.63, 3.8) is 0 Å². The average Bonchev–Trinajstić information content (AvgIpc) is 2.96. The van der Waals surface area contributed by atoms with Crippen molar-refractivity contribution >= 4 is 35.2 Å². The number of nitrogens with zero attached hydrogens (tertiary/aromatic N) is 2. The lowest BCUT2D eigenvalue weighted by molar-refractivity contribution is -0.146. The van der Waals surface area contributed by atoms with Crippen LogP contribution >= 0.6 is 23.4 Å². The summed E-state index contributed by atoms with van der Waals surface area (Å²) in [6.07, 6.45) is 0. The molecule has 7 heteroatoms. The first-order valence-corrected chi connectivity index (χ1v) is 9.06. The van der Waals surface area contributed by atoms with E-state index in [-0.39, 0.29) is 17.2 Å². The van der Waals surface area contributed by atoms with Crippen LogP contribution < -0.4 is 0 Å². The number of hydrogen-bond donors (Lipinski definition) is 0. The number of ether oxygens (including phenoxy) is 1. The number of thioether (sulfide) groups is 1. The molecule has 2 amide bonds. The molecule has 1 aromatic rings. The molecule has 2 saturated heterocycles. The number of rotatable bonds is 3. The Hall–Kier alpha value is -1.24. The Morgan fingerprint density at radius 3 is 2.74 bits per heavy atom. The van der Waals surface area contributed by atoms with Gasteiger partial charge in [-0.05, 0) is 13.0 Å². The summed E-state index contributed by atoms with van der Waals surface area (Å²) in [5, 5.41) is 0.409. The van der Waals surface area contributed by atoms with E-state index < -0.39 is 6.04 Å². The molecule has 0 aliphatic carbocycles. The minimum atomic E-state index is -0.503. The van der Waals surface area contributed by atoms with Crippen LogP contribution in [-0.2, 0) is 14.3 Å². The van der Waals surface area contributed by atoms with Crippen molar-refractivity contribution in [3.05, 3.63) is 34.9 Å². The van der Waals surface area contributed by atoms with Gasteiger partial charge in [0.15, 0.2) is 0 Å². The Labute approximate surface area is 144 Å². The normalized spacial score (nSPS) is 23.2. The Morgan fingerprint density at radius 2 is 2.04 bits per heavy atom. The SMILES string of the molecule is C[C@@H](C(=O)N1CCOCC1)N1C(=O)CS[C@@H]1c1ccccc1Cl. The number of morpholine rings is 1. The van der Waals surface area contributed by atoms with Crippen LogP contribution in [0.3, 0.4) is 0 Å². The van der Waals surface area contributed by atoms with E-state index in [4.69, 9.17) is 16.3 Å². The fourth-order valence-electron chi connectivity index (χ4n) is 2.94. The average molecular weight is 355 g/mol. The Balaban J connectivity index is 1.82. The van der Waals surface area contributed by atoms with Gasteiger partial charge in [-0.25, -0.2) is 0 Å². The van der Waals surface area contributed by atoms with Gasteiger partial charge < -0.3 is 14.5 Å². The summed E-state index contributed by atoms with van der Waals surface area (Å²) >= 11 is 7.80. The maximum absolute atomic E-state index is 12.7. The summed E-state index contributed by atoms with van der Waals surface area (Å²) in [5.74, 6) is 0.326. The maximum atomic E-state index is 12.7. The van der Waals surface area contributed by atoms with E-state index in [1.54, 1.807) is 16.7 Å². The number of carbonyl (C=O) groups excluding carboxylic acids is 2. The first-order chi connectivity index (χ1) is 11.1. The number of halogens is 1. The quantitative estimate of drug-likeness (QED) is 0.834. The number of carbonyl (C=O) groups is 2. The molecule has 2 heterocycles. The fourth-order valence-corrected chi connectivity index (χ4v) is 4.54. The van der Waals surface area contributed by atoms with Crippen LogP contribution in [0.25, 0.3) is 0 Å². The number of benzene rings is 1. The van der Waals surface area contributed by atoms with E-state index >= 15 is 0 Å². The van der Waals surface area contributed by atoms with Gasteiger partial charge in [-0.1, -0.05) is 29.8 Å². The van der Waals surface area contributed by atoms with Gasteiger partial charge in [0.05, 0.1) is 19.0 Å². The van der Waals surface area contributed by atoms with Crippen molar-refractivity contribution in [2.45, 2.75) is 18.3 Å². The van der Waals surface area contributed by atoms with Crippen molar-refractivity contribution in [3.8, 4) is 0 Å². The predicted octanol–water partition coefficient (Wildman–Crippen LogP) is 2.16. The summed E-state index contributed by atoms with van der Waals surface area (Å²) in [7, 11) is 0. The third kappa shape index (κ3) is 3.34. The Bertz CT molecular complexity index is 607. The van der Waals surface area contributed by atoms with Gasteiger partial charge in [0.1, 0.15) is 11.4 Å². The van der Waals surface area contributed by atoms with E-state index in [0.29, 0.717) is 37.1 Å². The number of amides is 2. The zero-order chi connectivity index (χ0) is 16.4. The minimum Gasteiger partial charge on any atom is -0.378 e. The van der Waals surface area contributed by atoms with E-state index in [1.165, 1.54) is 11.8 Å². The molecule has 0 N–H and O–H groups in total. The summed E-state index contributed by atoms with van der Waals surface area (Å²) in [4.78, 5) is 28.5. The van der Waals surface area contributed by atoms with Crippen molar-refractivity contribution in [2.75, 3.05) is 32.1 Å². The Kier molecular flexibility index (Phi) is 5.14. The third-order valence-corrected chi connectivity index (χ3v) is 5.73. The van der Waals surface area contributed by atoms with Crippen LogP contribution in [0.2, 0.25) is 5.02 Å². The molecule has 0 aromatic heterocycles. The second kappa shape index (κ2) is 7.11. The maximum Gasteiger partial charge on any atom is 0.245 e. The molecule has 23 heavy (non-hydrogen) atoms. The highest BCUT2D eigenvalue weighted by Crippen LogP contribution is 2.42. The highest BCUT2D eigenvalue weighted by Gasteiger charge is 2.40. The molecular formula is C16H19ClN2O3S. The second-order valence-corrected chi connectivity index (χ2v) is 7.08. The zero-order valence-electron chi connectivity index (χ0n) is 12.9. The van der Waals surface area contributed by atoms with Crippen molar-refractivity contribution in [2.24, 2.45) is 0 Å². The van der Waals surface area contributed by atoms with Gasteiger partial charge in [0, 0.05) is 23.7 Å². The number of hydrogen-bond acceptors (Lipinski definition) is 4. The summed E-state index contributed by atoms with van der Waals surface area (Å²) in [6, 6.07) is 6.98. The van der Waals surface area contributed by atoms with Gasteiger partial charge in [0.25, 0.3) is 0 Å². The summed E-state index contributed by atoms with van der Waals surface area (Å²) < 4.78 is 5.29. The molecule has 3 rings (SSSR count). The van der Waals surface area contributed by atoms with Crippen LogP contribution in [0.15, 0.2) is 24.3 Å². The highest BCUT2D eigenvalue weighted by atomic mass is 35.5. The monoisotopic (exact) mass is 354 g/mol. The molecule has 124 valence electrons. The molecule has 0 unspecified atom stereocenters. The minimum absolute atomic E-state index is 0.0194. The lowest BCUT2D eigenvalue weighted by atomic mass is 10.1. The first-order valence-electron chi connectivity index (χ1n) is 7.63. The summed E-state index contributed by atoms with van der Waals surface area (Å²) in [5.41, 5.74) is 0.881. The third-order valence-electron chi connectivity index (χ3n) is 4.17. The molecule has 0 saturated carbocycles. The van der Waals surface area contributed by atoms with Crippen LogP contribution in [0, 0.1) is 0 Å². The van der Waals surface area contributed by atoms with Gasteiger partial charge in [-0.3, -0.25) is 9.59 Å². The largest absolute Gasteiger partial charge is 0.378 e.